The van der Waals surface area contributed by atoms with Crippen LogP contribution in [-0.2, 0) is 10.0 Å². The van der Waals surface area contributed by atoms with Gasteiger partial charge in [-0.05, 0) is 31.2 Å². The minimum Gasteiger partial charge on any atom is -0.394 e. The molecule has 0 aliphatic rings. The summed E-state index contributed by atoms with van der Waals surface area (Å²) in [6, 6.07) is 7.45. The molecule has 8 heteroatoms. The second-order valence-electron chi connectivity index (χ2n) is 3.85. The number of hydrogen-bond donors (Lipinski definition) is 3. The van der Waals surface area contributed by atoms with E-state index in [0.29, 0.717) is 11.3 Å². The van der Waals surface area contributed by atoms with Crippen molar-refractivity contribution in [3.63, 3.8) is 0 Å². The number of nitrogens with one attached hydrogen (secondary N) is 2. The highest BCUT2D eigenvalue weighted by Crippen LogP contribution is 2.22. The molecule has 0 saturated carbocycles. The molecule has 0 bridgehead atoms. The third-order valence-corrected chi connectivity index (χ3v) is 3.87. The summed E-state index contributed by atoms with van der Waals surface area (Å²) in [5.74, 6) is 0.0573. The lowest BCUT2D eigenvalue weighted by atomic mass is 10.2. The molecule has 1 heterocycles. The first-order chi connectivity index (χ1) is 8.94. The van der Waals surface area contributed by atoms with Crippen LogP contribution in [0.15, 0.2) is 29.2 Å². The van der Waals surface area contributed by atoms with Gasteiger partial charge in [-0.2, -0.15) is 10.4 Å². The number of anilines is 2. The molecule has 0 spiro atoms. The Kier molecular flexibility index (Phi) is 3.14. The number of nitrogens with zero attached hydrogens (tertiary/aromatic N) is 2. The van der Waals surface area contributed by atoms with Crippen LogP contribution in [0.2, 0.25) is 0 Å². The van der Waals surface area contributed by atoms with E-state index >= 15 is 0 Å². The second-order valence-corrected chi connectivity index (χ2v) is 5.53. The van der Waals surface area contributed by atoms with Gasteiger partial charge in [-0.15, -0.1) is 0 Å². The molecule has 0 fully saturated rings. The highest BCUT2D eigenvalue weighted by molar-refractivity contribution is 7.92. The molecule has 2 rings (SSSR count). The van der Waals surface area contributed by atoms with Crippen molar-refractivity contribution in [2.45, 2.75) is 11.8 Å². The molecule has 0 amide bonds. The molecule has 0 aliphatic carbocycles. The summed E-state index contributed by atoms with van der Waals surface area (Å²) in [6.45, 7) is 1.68. The van der Waals surface area contributed by atoms with Gasteiger partial charge in [0.05, 0.1) is 27.9 Å². The van der Waals surface area contributed by atoms with Gasteiger partial charge < -0.3 is 5.73 Å². The Balaban J connectivity index is 2.32. The van der Waals surface area contributed by atoms with Crippen molar-refractivity contribution in [1.82, 2.24) is 10.2 Å². The van der Waals surface area contributed by atoms with E-state index in [1.807, 2.05) is 6.07 Å². The average molecular weight is 277 g/mol. The lowest BCUT2D eigenvalue weighted by Gasteiger charge is -2.06. The van der Waals surface area contributed by atoms with Crippen molar-refractivity contribution in [2.24, 2.45) is 0 Å². The van der Waals surface area contributed by atoms with Crippen LogP contribution in [0.4, 0.5) is 11.5 Å². The highest BCUT2D eigenvalue weighted by atomic mass is 32.2. The Morgan fingerprint density at radius 3 is 2.47 bits per heavy atom. The predicted octanol–water partition coefficient (Wildman–Crippen LogP) is 0.973. The smallest absolute Gasteiger partial charge is 0.263 e. The molecule has 4 N–H and O–H groups in total. The van der Waals surface area contributed by atoms with Crippen molar-refractivity contribution in [2.75, 3.05) is 10.5 Å². The quantitative estimate of drug-likeness (QED) is 0.771. The van der Waals surface area contributed by atoms with Crippen LogP contribution in [-0.4, -0.2) is 18.6 Å². The molecule has 98 valence electrons. The topological polar surface area (TPSA) is 125 Å². The van der Waals surface area contributed by atoms with Crippen LogP contribution < -0.4 is 10.5 Å². The number of nitrogens with two attached hydrogens (primary N) is 1. The van der Waals surface area contributed by atoms with Gasteiger partial charge in [0, 0.05) is 0 Å². The van der Waals surface area contributed by atoms with E-state index in [9.17, 15) is 8.42 Å². The Morgan fingerprint density at radius 1 is 1.37 bits per heavy atom. The normalized spacial score (nSPS) is 10.9. The van der Waals surface area contributed by atoms with Gasteiger partial charge in [0.1, 0.15) is 0 Å². The molecule has 2 aromatic rings. The van der Waals surface area contributed by atoms with E-state index in [-0.39, 0.29) is 16.4 Å². The molecule has 1 aromatic carbocycles. The zero-order valence-electron chi connectivity index (χ0n) is 10.0. The van der Waals surface area contributed by atoms with E-state index in [4.69, 9.17) is 11.0 Å². The van der Waals surface area contributed by atoms with Crippen LogP contribution >= 0.6 is 0 Å². The van der Waals surface area contributed by atoms with Gasteiger partial charge in [-0.1, -0.05) is 0 Å². The average Bonchev–Trinajstić information content (AvgIpc) is 2.70. The summed E-state index contributed by atoms with van der Waals surface area (Å²) < 4.78 is 26.4. The van der Waals surface area contributed by atoms with E-state index in [0.717, 1.165) is 0 Å². The van der Waals surface area contributed by atoms with Crippen molar-refractivity contribution >= 4 is 21.5 Å². The molecular weight excluding hydrogens is 266 g/mol. The Labute approximate surface area is 110 Å². The number of benzene rings is 1. The lowest BCUT2D eigenvalue weighted by Crippen LogP contribution is -2.14. The highest BCUT2D eigenvalue weighted by Gasteiger charge is 2.17. The first-order valence-corrected chi connectivity index (χ1v) is 6.76. The van der Waals surface area contributed by atoms with Crippen LogP contribution in [0.3, 0.4) is 0 Å². The third kappa shape index (κ3) is 2.51. The minimum absolute atomic E-state index is 0.0338. The zero-order valence-corrected chi connectivity index (χ0v) is 10.8. The van der Waals surface area contributed by atoms with Gasteiger partial charge in [0.15, 0.2) is 5.82 Å². The van der Waals surface area contributed by atoms with Crippen molar-refractivity contribution < 1.29 is 8.42 Å². The standard InChI is InChI=1S/C11H11N5O2S/c1-7-10(13)11(15-14-7)16-19(17,18)9-4-2-8(6-12)3-5-9/h2-5H,13H2,1H3,(H2,14,15,16). The Hall–Kier alpha value is -2.53. The maximum Gasteiger partial charge on any atom is 0.263 e. The van der Waals surface area contributed by atoms with Crippen LogP contribution in [0.5, 0.6) is 0 Å². The number of sulfonamides is 1. The molecule has 0 radical (unpaired) electrons. The fraction of sp³-hybridized carbons (Fsp3) is 0.0909. The minimum atomic E-state index is -3.77. The van der Waals surface area contributed by atoms with Gasteiger partial charge in [0.2, 0.25) is 0 Å². The number of aromatic amines is 1. The van der Waals surface area contributed by atoms with Gasteiger partial charge in [0.25, 0.3) is 10.0 Å². The number of nitrogen functional groups attached to an aromatic ring is 1. The first-order valence-electron chi connectivity index (χ1n) is 5.27. The number of aromatic nitrogens is 2. The summed E-state index contributed by atoms with van der Waals surface area (Å²) in [5, 5.41) is 15.0. The first kappa shape index (κ1) is 12.9. The van der Waals surface area contributed by atoms with Gasteiger partial charge in [-0.25, -0.2) is 8.42 Å². The summed E-state index contributed by atoms with van der Waals surface area (Å²) in [7, 11) is -3.77. The van der Waals surface area contributed by atoms with Crippen molar-refractivity contribution in [3.8, 4) is 6.07 Å². The van der Waals surface area contributed by atoms with E-state index in [1.54, 1.807) is 6.92 Å². The monoisotopic (exact) mass is 277 g/mol. The number of hydrogen-bond acceptors (Lipinski definition) is 5. The van der Waals surface area contributed by atoms with E-state index in [2.05, 4.69) is 14.9 Å². The lowest BCUT2D eigenvalue weighted by molar-refractivity contribution is 0.601. The summed E-state index contributed by atoms with van der Waals surface area (Å²) in [6.07, 6.45) is 0. The summed E-state index contributed by atoms with van der Waals surface area (Å²) in [5.41, 5.74) is 6.88. The number of H-pyrrole nitrogens is 1. The largest absolute Gasteiger partial charge is 0.394 e. The fourth-order valence-corrected chi connectivity index (χ4v) is 2.43. The van der Waals surface area contributed by atoms with Crippen LogP contribution in [0.25, 0.3) is 0 Å². The second kappa shape index (κ2) is 4.62. The van der Waals surface area contributed by atoms with Crippen LogP contribution in [0, 0.1) is 18.3 Å². The van der Waals surface area contributed by atoms with Crippen LogP contribution in [0.1, 0.15) is 11.3 Å². The SMILES string of the molecule is Cc1[nH]nc(NS(=O)(=O)c2ccc(C#N)cc2)c1N. The maximum absolute atomic E-state index is 12.1. The van der Waals surface area contributed by atoms with Crippen molar-refractivity contribution in [3.05, 3.63) is 35.5 Å². The summed E-state index contributed by atoms with van der Waals surface area (Å²) >= 11 is 0. The van der Waals surface area contributed by atoms with Crippen molar-refractivity contribution in [1.29, 1.82) is 5.26 Å². The molecule has 7 nitrogen and oxygen atoms in total. The Morgan fingerprint density at radius 2 is 2.00 bits per heavy atom. The van der Waals surface area contributed by atoms with Gasteiger partial charge in [-0.3, -0.25) is 9.82 Å². The molecule has 0 unspecified atom stereocenters. The predicted molar refractivity (Wildman–Crippen MR) is 69.7 cm³/mol. The fourth-order valence-electron chi connectivity index (χ4n) is 1.41. The van der Waals surface area contributed by atoms with E-state index < -0.39 is 10.0 Å². The number of aryl methyl sites for hydroxylation is 1. The zero-order chi connectivity index (χ0) is 14.0. The number of rotatable bonds is 3. The molecule has 1 aromatic heterocycles. The van der Waals surface area contributed by atoms with E-state index in [1.165, 1.54) is 24.3 Å². The molecule has 0 atom stereocenters. The molecule has 0 saturated heterocycles. The third-order valence-electron chi connectivity index (χ3n) is 2.52. The molecular formula is C11H11N5O2S. The molecule has 19 heavy (non-hydrogen) atoms. The summed E-state index contributed by atoms with van der Waals surface area (Å²) in [4.78, 5) is 0.0338. The Bertz CT molecular complexity index is 740. The molecule has 0 aliphatic heterocycles. The maximum atomic E-state index is 12.1. The number of nitriles is 1. The van der Waals surface area contributed by atoms with Gasteiger partial charge >= 0.3 is 0 Å².